The van der Waals surface area contributed by atoms with Gasteiger partial charge in [-0.3, -0.25) is 4.90 Å². The van der Waals surface area contributed by atoms with Crippen LogP contribution in [0.1, 0.15) is 19.4 Å². The van der Waals surface area contributed by atoms with Crippen LogP contribution >= 0.6 is 12.4 Å². The molecule has 2 rings (SSSR count). The summed E-state index contributed by atoms with van der Waals surface area (Å²) in [5.74, 6) is 1.64. The van der Waals surface area contributed by atoms with Gasteiger partial charge in [-0.15, -0.1) is 12.4 Å². The lowest BCUT2D eigenvalue weighted by atomic mass is 10.1. The number of rotatable bonds is 5. The zero-order valence-corrected chi connectivity index (χ0v) is 13.3. The van der Waals surface area contributed by atoms with Crippen molar-refractivity contribution in [1.82, 2.24) is 10.2 Å². The quantitative estimate of drug-likeness (QED) is 0.905. The van der Waals surface area contributed by atoms with Gasteiger partial charge in [-0.25, -0.2) is 0 Å². The van der Waals surface area contributed by atoms with E-state index < -0.39 is 0 Å². The maximum Gasteiger partial charge on any atom is 0.161 e. The highest BCUT2D eigenvalue weighted by molar-refractivity contribution is 5.85. The van der Waals surface area contributed by atoms with Crippen molar-refractivity contribution in [3.8, 4) is 11.5 Å². The summed E-state index contributed by atoms with van der Waals surface area (Å²) in [6, 6.07) is 6.77. The predicted molar refractivity (Wildman–Crippen MR) is 84.2 cm³/mol. The topological polar surface area (TPSA) is 33.7 Å². The molecule has 0 saturated carbocycles. The van der Waals surface area contributed by atoms with Gasteiger partial charge >= 0.3 is 0 Å². The summed E-state index contributed by atoms with van der Waals surface area (Å²) < 4.78 is 10.9. The van der Waals surface area contributed by atoms with Crippen molar-refractivity contribution in [2.75, 3.05) is 33.4 Å². The summed E-state index contributed by atoms with van der Waals surface area (Å²) >= 11 is 0. The van der Waals surface area contributed by atoms with Gasteiger partial charge in [0.05, 0.1) is 13.7 Å². The molecule has 0 spiro atoms. The predicted octanol–water partition coefficient (Wildman–Crippen LogP) is 2.31. The summed E-state index contributed by atoms with van der Waals surface area (Å²) in [7, 11) is 1.68. The van der Waals surface area contributed by atoms with Gasteiger partial charge in [-0.05, 0) is 31.5 Å². The summed E-state index contributed by atoms with van der Waals surface area (Å²) in [6.45, 7) is 9.10. The number of hydrogen-bond donors (Lipinski definition) is 1. The highest BCUT2D eigenvalue weighted by Crippen LogP contribution is 2.28. The van der Waals surface area contributed by atoms with Crippen LogP contribution in [0.3, 0.4) is 0 Å². The van der Waals surface area contributed by atoms with E-state index in [-0.39, 0.29) is 12.4 Å². The number of piperazine rings is 1. The first-order valence-electron chi connectivity index (χ1n) is 6.98. The van der Waals surface area contributed by atoms with Gasteiger partial charge in [0.1, 0.15) is 0 Å². The van der Waals surface area contributed by atoms with Crippen molar-refractivity contribution in [1.29, 1.82) is 0 Å². The third-order valence-electron chi connectivity index (χ3n) is 3.39. The molecule has 0 unspecified atom stereocenters. The van der Waals surface area contributed by atoms with Crippen molar-refractivity contribution in [3.05, 3.63) is 23.8 Å². The first-order valence-corrected chi connectivity index (χ1v) is 6.98. The molecule has 1 atom stereocenters. The molecule has 4 nitrogen and oxygen atoms in total. The van der Waals surface area contributed by atoms with Crippen molar-refractivity contribution in [2.45, 2.75) is 26.4 Å². The smallest absolute Gasteiger partial charge is 0.161 e. The Morgan fingerprint density at radius 2 is 2.15 bits per heavy atom. The number of benzene rings is 1. The molecule has 0 bridgehead atoms. The maximum absolute atomic E-state index is 5.62. The molecule has 1 saturated heterocycles. The normalized spacial score (nSPS) is 19.2. The molecule has 0 radical (unpaired) electrons. The van der Waals surface area contributed by atoms with Crippen LogP contribution in [0.4, 0.5) is 0 Å². The van der Waals surface area contributed by atoms with Crippen molar-refractivity contribution in [2.24, 2.45) is 0 Å². The second kappa shape index (κ2) is 8.35. The van der Waals surface area contributed by atoms with Gasteiger partial charge in [-0.1, -0.05) is 6.07 Å². The highest BCUT2D eigenvalue weighted by Gasteiger charge is 2.16. The molecule has 1 aromatic rings. The van der Waals surface area contributed by atoms with E-state index in [1.165, 1.54) is 5.56 Å². The van der Waals surface area contributed by atoms with Crippen LogP contribution in [0.25, 0.3) is 0 Å². The second-order valence-electron chi connectivity index (χ2n) is 5.01. The van der Waals surface area contributed by atoms with Crippen LogP contribution in [-0.4, -0.2) is 44.3 Å². The number of ether oxygens (including phenoxy) is 2. The van der Waals surface area contributed by atoms with E-state index in [9.17, 15) is 0 Å². The molecule has 0 aliphatic carbocycles. The number of hydrogen-bond acceptors (Lipinski definition) is 4. The Labute approximate surface area is 127 Å². The molecule has 0 aromatic heterocycles. The first-order chi connectivity index (χ1) is 9.22. The molecule has 5 heteroatoms. The van der Waals surface area contributed by atoms with Crippen LogP contribution < -0.4 is 14.8 Å². The molecule has 1 heterocycles. The van der Waals surface area contributed by atoms with E-state index in [0.717, 1.165) is 37.7 Å². The summed E-state index contributed by atoms with van der Waals surface area (Å²) in [6.07, 6.45) is 0. The monoisotopic (exact) mass is 300 g/mol. The average molecular weight is 301 g/mol. The van der Waals surface area contributed by atoms with Gasteiger partial charge in [0, 0.05) is 32.2 Å². The third kappa shape index (κ3) is 4.54. The molecule has 1 N–H and O–H groups in total. The molecule has 1 aliphatic rings. The second-order valence-corrected chi connectivity index (χ2v) is 5.01. The molecule has 20 heavy (non-hydrogen) atoms. The average Bonchev–Trinajstić information content (AvgIpc) is 2.39. The summed E-state index contributed by atoms with van der Waals surface area (Å²) in [5, 5.41) is 3.46. The van der Waals surface area contributed by atoms with Crippen LogP contribution in [0, 0.1) is 0 Å². The Hall–Kier alpha value is -0.970. The van der Waals surface area contributed by atoms with Gasteiger partial charge in [0.2, 0.25) is 0 Å². The van der Waals surface area contributed by atoms with Crippen molar-refractivity contribution < 1.29 is 9.47 Å². The Balaban J connectivity index is 0.00000200. The van der Waals surface area contributed by atoms with Crippen LogP contribution in [0.5, 0.6) is 11.5 Å². The Morgan fingerprint density at radius 1 is 1.35 bits per heavy atom. The lowest BCUT2D eigenvalue weighted by molar-refractivity contribution is 0.199. The van der Waals surface area contributed by atoms with Gasteiger partial charge < -0.3 is 14.8 Å². The van der Waals surface area contributed by atoms with Crippen LogP contribution in [0.2, 0.25) is 0 Å². The largest absolute Gasteiger partial charge is 0.493 e. The van der Waals surface area contributed by atoms with E-state index in [1.807, 2.05) is 13.0 Å². The Morgan fingerprint density at radius 3 is 2.80 bits per heavy atom. The van der Waals surface area contributed by atoms with E-state index in [2.05, 4.69) is 29.3 Å². The molecular weight excluding hydrogens is 276 g/mol. The SMILES string of the molecule is CCOc1cc(CN2CCN[C@@H](C)C2)ccc1OC.Cl. The summed E-state index contributed by atoms with van der Waals surface area (Å²) in [4.78, 5) is 2.47. The number of methoxy groups -OCH3 is 1. The van der Waals surface area contributed by atoms with E-state index in [0.29, 0.717) is 12.6 Å². The molecule has 114 valence electrons. The molecule has 0 amide bonds. The van der Waals surface area contributed by atoms with Crippen molar-refractivity contribution >= 4 is 12.4 Å². The fourth-order valence-electron chi connectivity index (χ4n) is 2.50. The molecule has 1 aromatic carbocycles. The molecular formula is C15H25ClN2O2. The van der Waals surface area contributed by atoms with E-state index >= 15 is 0 Å². The fourth-order valence-corrected chi connectivity index (χ4v) is 2.50. The van der Waals surface area contributed by atoms with Crippen LogP contribution in [0.15, 0.2) is 18.2 Å². The summed E-state index contributed by atoms with van der Waals surface area (Å²) in [5.41, 5.74) is 1.28. The molecule has 1 aliphatic heterocycles. The van der Waals surface area contributed by atoms with Gasteiger partial charge in [0.25, 0.3) is 0 Å². The lowest BCUT2D eigenvalue weighted by Gasteiger charge is -2.31. The highest BCUT2D eigenvalue weighted by atomic mass is 35.5. The minimum Gasteiger partial charge on any atom is -0.493 e. The number of nitrogens with one attached hydrogen (secondary N) is 1. The van der Waals surface area contributed by atoms with Gasteiger partial charge in [-0.2, -0.15) is 0 Å². The van der Waals surface area contributed by atoms with E-state index in [1.54, 1.807) is 7.11 Å². The number of halogens is 1. The van der Waals surface area contributed by atoms with Crippen LogP contribution in [-0.2, 0) is 6.54 Å². The maximum atomic E-state index is 5.62. The standard InChI is InChI=1S/C15H24N2O2.ClH/c1-4-19-15-9-13(5-6-14(15)18-3)11-17-8-7-16-12(2)10-17;/h5-6,9,12,16H,4,7-8,10-11H2,1-3H3;1H/t12-;/m0./s1. The first kappa shape index (κ1) is 17.1. The fraction of sp³-hybridized carbons (Fsp3) is 0.600. The minimum atomic E-state index is 0. The lowest BCUT2D eigenvalue weighted by Crippen LogP contribution is -2.48. The Bertz CT molecular complexity index is 415. The third-order valence-corrected chi connectivity index (χ3v) is 3.39. The molecule has 1 fully saturated rings. The van der Waals surface area contributed by atoms with Crippen molar-refractivity contribution in [3.63, 3.8) is 0 Å². The zero-order chi connectivity index (χ0) is 13.7. The number of nitrogens with zero attached hydrogens (tertiary/aromatic N) is 1. The van der Waals surface area contributed by atoms with E-state index in [4.69, 9.17) is 9.47 Å². The zero-order valence-electron chi connectivity index (χ0n) is 12.5. The van der Waals surface area contributed by atoms with Gasteiger partial charge in [0.15, 0.2) is 11.5 Å². The Kier molecular flexibility index (Phi) is 7.13. The minimum absolute atomic E-state index is 0.